The zero-order valence-electron chi connectivity index (χ0n) is 13.4. The number of benzene rings is 1. The minimum atomic E-state index is -0.169. The van der Waals surface area contributed by atoms with Gasteiger partial charge in [0.25, 0.3) is 11.8 Å². The first-order chi connectivity index (χ1) is 10.7. The first kappa shape index (κ1) is 15.0. The number of carbonyl (C=O) groups excluding carboxylic acids is 2. The van der Waals surface area contributed by atoms with Crippen LogP contribution in [0.15, 0.2) is 24.3 Å². The molecule has 3 nitrogen and oxygen atoms in total. The Hall–Kier alpha value is -1.90. The Bertz CT molecular complexity index is 627. The number of hydrogen-bond donors (Lipinski definition) is 0. The number of fused-ring (bicyclic) bond motifs is 1. The number of carbonyl (C=O) groups is 2. The van der Waals surface area contributed by atoms with Gasteiger partial charge in [-0.05, 0) is 47.9 Å². The highest BCUT2D eigenvalue weighted by atomic mass is 16.2. The normalized spacial score (nSPS) is 20.1. The first-order valence-electron chi connectivity index (χ1n) is 8.35. The molecule has 0 fully saturated rings. The highest BCUT2D eigenvalue weighted by Crippen LogP contribution is 2.39. The van der Waals surface area contributed by atoms with E-state index in [9.17, 15) is 9.59 Å². The fourth-order valence-corrected chi connectivity index (χ4v) is 3.73. The number of rotatable bonds is 5. The van der Waals surface area contributed by atoms with Crippen molar-refractivity contribution in [2.75, 3.05) is 0 Å². The summed E-state index contributed by atoms with van der Waals surface area (Å²) in [5.74, 6) is -0.338. The first-order valence-corrected chi connectivity index (χ1v) is 8.35. The topological polar surface area (TPSA) is 37.4 Å². The van der Waals surface area contributed by atoms with Gasteiger partial charge in [0.1, 0.15) is 0 Å². The van der Waals surface area contributed by atoms with E-state index in [2.05, 4.69) is 26.0 Å². The van der Waals surface area contributed by atoms with Gasteiger partial charge < -0.3 is 0 Å². The molecule has 3 heteroatoms. The van der Waals surface area contributed by atoms with Crippen LogP contribution in [0.1, 0.15) is 61.4 Å². The van der Waals surface area contributed by atoms with Gasteiger partial charge in [-0.2, -0.15) is 0 Å². The lowest BCUT2D eigenvalue weighted by molar-refractivity contribution is -0.139. The van der Waals surface area contributed by atoms with Crippen molar-refractivity contribution in [1.82, 2.24) is 4.90 Å². The standard InChI is InChI=1S/C19H23NO2/c1-3-5-13-11-15-7-8-17(16(15)12-14(13)6-4-2)20-18(21)9-10-19(20)22/h9-12,17H,3-8H2,1-2H3/t17-/m0/s1. The highest BCUT2D eigenvalue weighted by Gasteiger charge is 2.36. The summed E-state index contributed by atoms with van der Waals surface area (Å²) in [6, 6.07) is 4.51. The van der Waals surface area contributed by atoms with Gasteiger partial charge in [-0.25, -0.2) is 0 Å². The van der Waals surface area contributed by atoms with Crippen molar-refractivity contribution in [3.05, 3.63) is 46.5 Å². The molecule has 0 radical (unpaired) electrons. The highest BCUT2D eigenvalue weighted by molar-refractivity contribution is 6.13. The van der Waals surface area contributed by atoms with E-state index in [1.54, 1.807) is 0 Å². The lowest BCUT2D eigenvalue weighted by atomic mass is 9.93. The maximum atomic E-state index is 12.0. The molecular weight excluding hydrogens is 274 g/mol. The second-order valence-electron chi connectivity index (χ2n) is 6.25. The van der Waals surface area contributed by atoms with Crippen LogP contribution in [0.4, 0.5) is 0 Å². The fourth-order valence-electron chi connectivity index (χ4n) is 3.73. The maximum Gasteiger partial charge on any atom is 0.254 e. The molecular formula is C19H23NO2. The van der Waals surface area contributed by atoms with Gasteiger partial charge in [-0.1, -0.05) is 38.8 Å². The van der Waals surface area contributed by atoms with Crippen LogP contribution >= 0.6 is 0 Å². The number of aryl methyl sites for hydroxylation is 3. The van der Waals surface area contributed by atoms with E-state index in [1.807, 2.05) is 0 Å². The third kappa shape index (κ3) is 2.49. The summed E-state index contributed by atoms with van der Waals surface area (Å²) in [5, 5.41) is 0. The third-order valence-electron chi connectivity index (χ3n) is 4.70. The Morgan fingerprint density at radius 1 is 1.00 bits per heavy atom. The van der Waals surface area contributed by atoms with Crippen molar-refractivity contribution in [3.8, 4) is 0 Å². The van der Waals surface area contributed by atoms with Gasteiger partial charge in [0.2, 0.25) is 0 Å². The predicted octanol–water partition coefficient (Wildman–Crippen LogP) is 3.50. The minimum Gasteiger partial charge on any atom is -0.269 e. The number of amides is 2. The Morgan fingerprint density at radius 3 is 2.18 bits per heavy atom. The summed E-state index contributed by atoms with van der Waals surface area (Å²) >= 11 is 0. The van der Waals surface area contributed by atoms with E-state index >= 15 is 0 Å². The monoisotopic (exact) mass is 297 g/mol. The van der Waals surface area contributed by atoms with Crippen molar-refractivity contribution in [3.63, 3.8) is 0 Å². The molecule has 3 rings (SSSR count). The van der Waals surface area contributed by atoms with Crippen LogP contribution in [0.25, 0.3) is 0 Å². The second kappa shape index (κ2) is 6.07. The zero-order valence-corrected chi connectivity index (χ0v) is 13.4. The van der Waals surface area contributed by atoms with E-state index < -0.39 is 0 Å². The molecule has 0 bridgehead atoms. The van der Waals surface area contributed by atoms with Crippen molar-refractivity contribution >= 4 is 11.8 Å². The van der Waals surface area contributed by atoms with Crippen molar-refractivity contribution < 1.29 is 9.59 Å². The number of imide groups is 1. The predicted molar refractivity (Wildman–Crippen MR) is 86.5 cm³/mol. The van der Waals surface area contributed by atoms with Crippen LogP contribution in [-0.4, -0.2) is 16.7 Å². The molecule has 116 valence electrons. The molecule has 1 aromatic rings. The second-order valence-corrected chi connectivity index (χ2v) is 6.25. The summed E-state index contributed by atoms with van der Waals surface area (Å²) in [7, 11) is 0. The van der Waals surface area contributed by atoms with E-state index in [0.717, 1.165) is 38.5 Å². The van der Waals surface area contributed by atoms with Gasteiger partial charge in [0.15, 0.2) is 0 Å². The lowest BCUT2D eigenvalue weighted by Gasteiger charge is -2.24. The molecule has 0 unspecified atom stereocenters. The van der Waals surface area contributed by atoms with Crippen LogP contribution in [0, 0.1) is 0 Å². The van der Waals surface area contributed by atoms with E-state index in [0.29, 0.717) is 0 Å². The molecule has 1 aliphatic carbocycles. The SMILES string of the molecule is CCCc1cc2c(cc1CCC)[C@@H](N1C(=O)C=CC1=O)CC2. The molecule has 2 amide bonds. The minimum absolute atomic E-state index is 0.0729. The number of nitrogens with zero attached hydrogens (tertiary/aromatic N) is 1. The Balaban J connectivity index is 1.98. The lowest BCUT2D eigenvalue weighted by Crippen LogP contribution is -2.33. The third-order valence-corrected chi connectivity index (χ3v) is 4.70. The summed E-state index contributed by atoms with van der Waals surface area (Å²) in [5.41, 5.74) is 5.34. The quantitative estimate of drug-likeness (QED) is 0.780. The molecule has 0 saturated heterocycles. The zero-order chi connectivity index (χ0) is 15.7. The summed E-state index contributed by atoms with van der Waals surface area (Å²) in [4.78, 5) is 25.4. The van der Waals surface area contributed by atoms with Crippen molar-refractivity contribution in [1.29, 1.82) is 0 Å². The van der Waals surface area contributed by atoms with Crippen LogP contribution in [-0.2, 0) is 28.9 Å². The molecule has 1 aliphatic heterocycles. The largest absolute Gasteiger partial charge is 0.269 e. The van der Waals surface area contributed by atoms with Gasteiger partial charge in [-0.3, -0.25) is 14.5 Å². The van der Waals surface area contributed by atoms with E-state index in [-0.39, 0.29) is 17.9 Å². The molecule has 0 saturated carbocycles. The molecule has 1 aromatic carbocycles. The molecule has 2 aliphatic rings. The Morgan fingerprint density at radius 2 is 1.59 bits per heavy atom. The average molecular weight is 297 g/mol. The molecule has 0 spiro atoms. The Labute approximate surface area is 132 Å². The molecule has 0 aromatic heterocycles. The van der Waals surface area contributed by atoms with Crippen LogP contribution in [0.3, 0.4) is 0 Å². The molecule has 1 heterocycles. The average Bonchev–Trinajstić information content (AvgIpc) is 3.03. The Kier molecular flexibility index (Phi) is 4.14. The van der Waals surface area contributed by atoms with Gasteiger partial charge in [0.05, 0.1) is 6.04 Å². The van der Waals surface area contributed by atoms with Gasteiger partial charge in [0, 0.05) is 12.2 Å². The number of hydrogen-bond acceptors (Lipinski definition) is 2. The molecule has 0 N–H and O–H groups in total. The molecule has 1 atom stereocenters. The van der Waals surface area contributed by atoms with Gasteiger partial charge >= 0.3 is 0 Å². The summed E-state index contributed by atoms with van der Waals surface area (Å²) in [6.45, 7) is 4.40. The van der Waals surface area contributed by atoms with Crippen molar-refractivity contribution in [2.24, 2.45) is 0 Å². The van der Waals surface area contributed by atoms with Gasteiger partial charge in [-0.15, -0.1) is 0 Å². The summed E-state index contributed by atoms with van der Waals surface area (Å²) < 4.78 is 0. The fraction of sp³-hybridized carbons (Fsp3) is 0.474. The summed E-state index contributed by atoms with van der Waals surface area (Å²) in [6.07, 6.45) is 9.02. The van der Waals surface area contributed by atoms with Crippen LogP contribution in [0.2, 0.25) is 0 Å². The van der Waals surface area contributed by atoms with Crippen LogP contribution in [0.5, 0.6) is 0 Å². The van der Waals surface area contributed by atoms with E-state index in [1.165, 1.54) is 39.3 Å². The molecule has 22 heavy (non-hydrogen) atoms. The maximum absolute atomic E-state index is 12.0. The van der Waals surface area contributed by atoms with E-state index in [4.69, 9.17) is 0 Å². The van der Waals surface area contributed by atoms with Crippen molar-refractivity contribution in [2.45, 2.75) is 58.4 Å². The van der Waals surface area contributed by atoms with Crippen LogP contribution < -0.4 is 0 Å². The smallest absolute Gasteiger partial charge is 0.254 e.